The molecule has 0 fully saturated rings. The van der Waals surface area contributed by atoms with Crippen LogP contribution in [0.4, 0.5) is 5.82 Å². The molecule has 3 N–H and O–H groups in total. The summed E-state index contributed by atoms with van der Waals surface area (Å²) < 4.78 is 5.69. The molecule has 1 aromatic carbocycles. The number of nitrogens with one attached hydrogen (secondary N) is 1. The Morgan fingerprint density at radius 3 is 2.84 bits per heavy atom. The van der Waals surface area contributed by atoms with Gasteiger partial charge in [0.15, 0.2) is 0 Å². The molecule has 102 valence electrons. The van der Waals surface area contributed by atoms with Crippen molar-refractivity contribution in [2.45, 2.75) is 26.9 Å². The van der Waals surface area contributed by atoms with Crippen molar-refractivity contribution in [3.63, 3.8) is 0 Å². The Labute approximate surface area is 113 Å². The molecule has 0 saturated carbocycles. The zero-order valence-corrected chi connectivity index (χ0v) is 11.5. The van der Waals surface area contributed by atoms with E-state index >= 15 is 0 Å². The number of nitrogens with zero attached hydrogens (tertiary/aromatic N) is 1. The average molecular weight is 259 g/mol. The van der Waals surface area contributed by atoms with E-state index in [2.05, 4.69) is 30.3 Å². The van der Waals surface area contributed by atoms with Gasteiger partial charge in [-0.05, 0) is 24.5 Å². The number of anilines is 1. The zero-order valence-electron chi connectivity index (χ0n) is 11.5. The van der Waals surface area contributed by atoms with E-state index in [1.54, 1.807) is 0 Å². The number of nitrogen functional groups attached to an aromatic ring is 1. The molecule has 2 aromatic rings. The maximum atomic E-state index is 5.69. The van der Waals surface area contributed by atoms with E-state index in [0.717, 1.165) is 29.5 Å². The molecule has 0 amide bonds. The Balaban J connectivity index is 2.12. The van der Waals surface area contributed by atoms with Gasteiger partial charge >= 0.3 is 0 Å². The fraction of sp³-hybridized carbons (Fsp3) is 0.400. The van der Waals surface area contributed by atoms with E-state index in [0.29, 0.717) is 18.3 Å². The minimum atomic E-state index is 0.532. The van der Waals surface area contributed by atoms with Crippen LogP contribution in [0.3, 0.4) is 0 Å². The topological polar surface area (TPSA) is 60.2 Å². The third kappa shape index (κ3) is 3.66. The molecule has 2 rings (SSSR count). The van der Waals surface area contributed by atoms with Gasteiger partial charge < -0.3 is 10.2 Å². The van der Waals surface area contributed by atoms with Crippen LogP contribution in [0, 0.1) is 5.92 Å². The van der Waals surface area contributed by atoms with Gasteiger partial charge in [-0.2, -0.15) is 0 Å². The van der Waals surface area contributed by atoms with E-state index in [1.807, 2.05) is 24.3 Å². The number of pyridine rings is 1. The predicted octanol–water partition coefficient (Wildman–Crippen LogP) is 3.08. The molecule has 0 spiro atoms. The molecule has 0 aliphatic carbocycles. The number of hydrazine groups is 1. The maximum Gasteiger partial charge on any atom is 0.146 e. The molecule has 19 heavy (non-hydrogen) atoms. The minimum Gasteiger partial charge on any atom is -0.377 e. The standard InChI is InChI=1S/C15H21N3O/c1-11(2)7-8-19-10-13-9-12-5-3-4-6-14(12)17-15(13)18-16/h3-6,9,11H,7-8,10,16H2,1-2H3,(H,17,18). The third-order valence-corrected chi connectivity index (χ3v) is 3.04. The molecule has 4 nitrogen and oxygen atoms in total. The van der Waals surface area contributed by atoms with Crippen molar-refractivity contribution in [1.29, 1.82) is 0 Å². The zero-order chi connectivity index (χ0) is 13.7. The summed E-state index contributed by atoms with van der Waals surface area (Å²) in [7, 11) is 0. The number of hydrogen-bond donors (Lipinski definition) is 2. The smallest absolute Gasteiger partial charge is 0.146 e. The summed E-state index contributed by atoms with van der Waals surface area (Å²) in [5, 5.41) is 1.10. The van der Waals surface area contributed by atoms with Crippen LogP contribution >= 0.6 is 0 Å². The van der Waals surface area contributed by atoms with Crippen molar-refractivity contribution in [2.24, 2.45) is 11.8 Å². The fourth-order valence-electron chi connectivity index (χ4n) is 1.90. The second-order valence-corrected chi connectivity index (χ2v) is 5.07. The third-order valence-electron chi connectivity index (χ3n) is 3.04. The van der Waals surface area contributed by atoms with Crippen molar-refractivity contribution < 1.29 is 4.74 Å². The van der Waals surface area contributed by atoms with Gasteiger partial charge in [0.2, 0.25) is 0 Å². The summed E-state index contributed by atoms with van der Waals surface area (Å²) in [4.78, 5) is 4.49. The van der Waals surface area contributed by atoms with E-state index < -0.39 is 0 Å². The molecular formula is C15H21N3O. The highest BCUT2D eigenvalue weighted by Crippen LogP contribution is 2.20. The van der Waals surface area contributed by atoms with E-state index in [9.17, 15) is 0 Å². The van der Waals surface area contributed by atoms with E-state index in [-0.39, 0.29) is 0 Å². The molecule has 0 saturated heterocycles. The van der Waals surface area contributed by atoms with E-state index in [4.69, 9.17) is 10.6 Å². The Hall–Kier alpha value is -1.65. The summed E-state index contributed by atoms with van der Waals surface area (Å²) >= 11 is 0. The maximum absolute atomic E-state index is 5.69. The van der Waals surface area contributed by atoms with Crippen LogP contribution in [0.1, 0.15) is 25.8 Å². The van der Waals surface area contributed by atoms with Gasteiger partial charge in [-0.3, -0.25) is 0 Å². The lowest BCUT2D eigenvalue weighted by atomic mass is 10.1. The lowest BCUT2D eigenvalue weighted by Crippen LogP contribution is -2.12. The molecule has 0 aliphatic rings. The van der Waals surface area contributed by atoms with E-state index in [1.165, 1.54) is 0 Å². The van der Waals surface area contributed by atoms with Crippen molar-refractivity contribution in [1.82, 2.24) is 4.98 Å². The van der Waals surface area contributed by atoms with Gasteiger partial charge in [0.05, 0.1) is 12.1 Å². The molecule has 0 aliphatic heterocycles. The first-order valence-electron chi connectivity index (χ1n) is 6.63. The lowest BCUT2D eigenvalue weighted by Gasteiger charge is -2.11. The first kappa shape index (κ1) is 13.8. The Morgan fingerprint density at radius 1 is 1.32 bits per heavy atom. The number of aromatic nitrogens is 1. The fourth-order valence-corrected chi connectivity index (χ4v) is 1.90. The summed E-state index contributed by atoms with van der Waals surface area (Å²) in [5.74, 6) is 6.86. The van der Waals surface area contributed by atoms with Crippen LogP contribution in [0.2, 0.25) is 0 Å². The largest absolute Gasteiger partial charge is 0.377 e. The van der Waals surface area contributed by atoms with Crippen molar-refractivity contribution >= 4 is 16.7 Å². The number of hydrogen-bond acceptors (Lipinski definition) is 4. The van der Waals surface area contributed by atoms with Gasteiger partial charge in [-0.1, -0.05) is 32.0 Å². The van der Waals surface area contributed by atoms with Crippen molar-refractivity contribution in [2.75, 3.05) is 12.0 Å². The second kappa shape index (κ2) is 6.50. The van der Waals surface area contributed by atoms with Crippen LogP contribution in [-0.4, -0.2) is 11.6 Å². The van der Waals surface area contributed by atoms with Crippen molar-refractivity contribution in [3.05, 3.63) is 35.9 Å². The molecule has 0 atom stereocenters. The lowest BCUT2D eigenvalue weighted by molar-refractivity contribution is 0.111. The van der Waals surface area contributed by atoms with Crippen LogP contribution in [-0.2, 0) is 11.3 Å². The molecule has 1 heterocycles. The molecular weight excluding hydrogens is 238 g/mol. The molecule has 1 aromatic heterocycles. The number of ether oxygens (including phenoxy) is 1. The number of rotatable bonds is 6. The number of para-hydroxylation sites is 1. The highest BCUT2D eigenvalue weighted by atomic mass is 16.5. The average Bonchev–Trinajstić information content (AvgIpc) is 2.42. The molecule has 0 bridgehead atoms. The molecule has 4 heteroatoms. The summed E-state index contributed by atoms with van der Waals surface area (Å²) in [6, 6.07) is 10.1. The normalized spacial score (nSPS) is 11.2. The number of nitrogens with two attached hydrogens (primary N) is 1. The Morgan fingerprint density at radius 2 is 2.11 bits per heavy atom. The van der Waals surface area contributed by atoms with Crippen molar-refractivity contribution in [3.8, 4) is 0 Å². The van der Waals surface area contributed by atoms with Crippen LogP contribution < -0.4 is 11.3 Å². The Bertz CT molecular complexity index is 540. The second-order valence-electron chi connectivity index (χ2n) is 5.07. The van der Waals surface area contributed by atoms with Gasteiger partial charge in [-0.25, -0.2) is 10.8 Å². The number of fused-ring (bicyclic) bond motifs is 1. The molecule has 0 radical (unpaired) electrons. The quantitative estimate of drug-likeness (QED) is 0.475. The predicted molar refractivity (Wildman–Crippen MR) is 78.7 cm³/mol. The van der Waals surface area contributed by atoms with Gasteiger partial charge in [0.1, 0.15) is 5.82 Å². The first-order chi connectivity index (χ1) is 9.20. The number of benzene rings is 1. The van der Waals surface area contributed by atoms with Crippen LogP contribution in [0.5, 0.6) is 0 Å². The highest BCUT2D eigenvalue weighted by Gasteiger charge is 2.06. The van der Waals surface area contributed by atoms with Crippen LogP contribution in [0.25, 0.3) is 10.9 Å². The summed E-state index contributed by atoms with van der Waals surface area (Å²) in [6.07, 6.45) is 1.06. The van der Waals surface area contributed by atoms with Crippen LogP contribution in [0.15, 0.2) is 30.3 Å². The summed E-state index contributed by atoms with van der Waals surface area (Å²) in [6.45, 7) is 5.67. The summed E-state index contributed by atoms with van der Waals surface area (Å²) in [5.41, 5.74) is 4.57. The minimum absolute atomic E-state index is 0.532. The first-order valence-corrected chi connectivity index (χ1v) is 6.63. The van der Waals surface area contributed by atoms with Gasteiger partial charge in [0, 0.05) is 17.6 Å². The SMILES string of the molecule is CC(C)CCOCc1cc2ccccc2nc1NN. The monoisotopic (exact) mass is 259 g/mol. The molecule has 0 unspecified atom stereocenters. The Kier molecular flexibility index (Phi) is 4.71. The highest BCUT2D eigenvalue weighted by molar-refractivity contribution is 5.81. The van der Waals surface area contributed by atoms with Gasteiger partial charge in [-0.15, -0.1) is 0 Å². The van der Waals surface area contributed by atoms with Gasteiger partial charge in [0.25, 0.3) is 0 Å².